The van der Waals surface area contributed by atoms with Gasteiger partial charge in [-0.05, 0) is 58.5 Å². The molecule has 0 bridgehead atoms. The second-order valence-electron chi connectivity index (χ2n) is 6.00. The summed E-state index contributed by atoms with van der Waals surface area (Å²) in [5.41, 5.74) is 3.15. The summed E-state index contributed by atoms with van der Waals surface area (Å²) in [6.45, 7) is 0.588. The molecule has 3 aromatic rings. The summed E-state index contributed by atoms with van der Waals surface area (Å²) in [4.78, 5) is 23.3. The fraction of sp³-hybridized carbons (Fsp3) is 0.211. The first-order chi connectivity index (χ1) is 11.8. The van der Waals surface area contributed by atoms with E-state index in [1.807, 2.05) is 34.7 Å². The summed E-state index contributed by atoms with van der Waals surface area (Å²) in [5.74, 6) is 0.490. The second-order valence-corrected chi connectivity index (χ2v) is 6.78. The average molecular weight is 335 g/mol. The standard InChI is InChI=1S/C19H17N3OS/c23-19(18-9-17(18)15-3-1-6-20-10-15)22(12-14-5-8-24-13-14)16-4-2-7-21-11-16/h1-8,10-11,13,17-18H,9,12H2/t17-,18+/m0/s1. The maximum atomic E-state index is 13.1. The van der Waals surface area contributed by atoms with E-state index < -0.39 is 0 Å². The number of carbonyl (C=O) groups is 1. The molecule has 5 heteroatoms. The third kappa shape index (κ3) is 3.08. The summed E-state index contributed by atoms with van der Waals surface area (Å²) in [6.07, 6.45) is 8.01. The summed E-state index contributed by atoms with van der Waals surface area (Å²) >= 11 is 1.65. The molecular formula is C19H17N3OS. The number of aromatic nitrogens is 2. The normalized spacial score (nSPS) is 19.0. The van der Waals surface area contributed by atoms with Crippen LogP contribution in [0.4, 0.5) is 5.69 Å². The van der Waals surface area contributed by atoms with E-state index in [0.29, 0.717) is 6.54 Å². The fourth-order valence-electron chi connectivity index (χ4n) is 3.01. The van der Waals surface area contributed by atoms with Crippen molar-refractivity contribution in [2.24, 2.45) is 5.92 Å². The molecule has 0 spiro atoms. The van der Waals surface area contributed by atoms with Crippen LogP contribution >= 0.6 is 11.3 Å². The Hall–Kier alpha value is -2.53. The van der Waals surface area contributed by atoms with Crippen LogP contribution in [0.2, 0.25) is 0 Å². The minimum Gasteiger partial charge on any atom is -0.306 e. The first kappa shape index (κ1) is 15.0. The molecule has 0 radical (unpaired) electrons. The SMILES string of the molecule is O=C([C@@H]1C[C@H]1c1cccnc1)N(Cc1ccsc1)c1cccnc1. The number of anilines is 1. The number of pyridine rings is 2. The van der Waals surface area contributed by atoms with Gasteiger partial charge in [0.05, 0.1) is 18.4 Å². The van der Waals surface area contributed by atoms with Crippen LogP contribution in [0.5, 0.6) is 0 Å². The Bertz CT molecular complexity index is 805. The molecule has 3 aromatic heterocycles. The van der Waals surface area contributed by atoms with Crippen molar-refractivity contribution in [3.05, 3.63) is 77.0 Å². The first-order valence-corrected chi connectivity index (χ1v) is 8.89. The predicted octanol–water partition coefficient (Wildman–Crippen LogP) is 3.88. The molecule has 1 fully saturated rings. The van der Waals surface area contributed by atoms with Gasteiger partial charge in [0.2, 0.25) is 5.91 Å². The van der Waals surface area contributed by atoms with Gasteiger partial charge < -0.3 is 4.90 Å². The van der Waals surface area contributed by atoms with Crippen LogP contribution in [0.15, 0.2) is 65.9 Å². The largest absolute Gasteiger partial charge is 0.306 e. The van der Waals surface area contributed by atoms with Crippen molar-refractivity contribution in [3.63, 3.8) is 0 Å². The summed E-state index contributed by atoms with van der Waals surface area (Å²) in [5, 5.41) is 4.12. The van der Waals surface area contributed by atoms with Gasteiger partial charge in [-0.1, -0.05) is 6.07 Å². The van der Waals surface area contributed by atoms with Crippen LogP contribution in [0.3, 0.4) is 0 Å². The number of hydrogen-bond donors (Lipinski definition) is 0. The van der Waals surface area contributed by atoms with Gasteiger partial charge >= 0.3 is 0 Å². The highest BCUT2D eigenvalue weighted by atomic mass is 32.1. The van der Waals surface area contributed by atoms with Gasteiger partial charge in [0, 0.05) is 24.5 Å². The molecule has 1 amide bonds. The minimum atomic E-state index is 0.0352. The van der Waals surface area contributed by atoms with Crippen LogP contribution in [0, 0.1) is 5.92 Å². The summed E-state index contributed by atoms with van der Waals surface area (Å²) < 4.78 is 0. The molecule has 120 valence electrons. The third-order valence-electron chi connectivity index (χ3n) is 4.36. The van der Waals surface area contributed by atoms with E-state index in [1.165, 1.54) is 0 Å². The van der Waals surface area contributed by atoms with Gasteiger partial charge in [0.15, 0.2) is 0 Å². The molecule has 24 heavy (non-hydrogen) atoms. The van der Waals surface area contributed by atoms with Crippen molar-refractivity contribution in [2.45, 2.75) is 18.9 Å². The van der Waals surface area contributed by atoms with Crippen molar-refractivity contribution in [1.82, 2.24) is 9.97 Å². The van der Waals surface area contributed by atoms with Crippen LogP contribution in [-0.4, -0.2) is 15.9 Å². The Morgan fingerprint density at radius 3 is 2.67 bits per heavy atom. The Balaban J connectivity index is 1.56. The van der Waals surface area contributed by atoms with Crippen LogP contribution in [0.25, 0.3) is 0 Å². The zero-order chi connectivity index (χ0) is 16.4. The number of amides is 1. The van der Waals surface area contributed by atoms with Crippen LogP contribution in [-0.2, 0) is 11.3 Å². The van der Waals surface area contributed by atoms with Gasteiger partial charge in [-0.3, -0.25) is 14.8 Å². The molecule has 0 unspecified atom stereocenters. The van der Waals surface area contributed by atoms with Crippen molar-refractivity contribution in [1.29, 1.82) is 0 Å². The molecule has 0 aromatic carbocycles. The predicted molar refractivity (Wildman–Crippen MR) is 94.8 cm³/mol. The molecular weight excluding hydrogens is 318 g/mol. The van der Waals surface area contributed by atoms with E-state index in [2.05, 4.69) is 27.5 Å². The highest BCUT2D eigenvalue weighted by Crippen LogP contribution is 2.48. The van der Waals surface area contributed by atoms with Gasteiger partial charge in [-0.2, -0.15) is 11.3 Å². The third-order valence-corrected chi connectivity index (χ3v) is 5.10. The molecule has 2 atom stereocenters. The van der Waals surface area contributed by atoms with Crippen LogP contribution < -0.4 is 4.90 Å². The average Bonchev–Trinajstić information content (AvgIpc) is 3.28. The highest BCUT2D eigenvalue weighted by Gasteiger charge is 2.46. The zero-order valence-corrected chi connectivity index (χ0v) is 13.9. The van der Waals surface area contributed by atoms with E-state index in [-0.39, 0.29) is 17.7 Å². The molecule has 0 N–H and O–H groups in total. The number of hydrogen-bond acceptors (Lipinski definition) is 4. The van der Waals surface area contributed by atoms with Crippen molar-refractivity contribution in [3.8, 4) is 0 Å². The Morgan fingerprint density at radius 1 is 1.17 bits per heavy atom. The smallest absolute Gasteiger partial charge is 0.231 e. The van der Waals surface area contributed by atoms with E-state index in [1.54, 1.807) is 29.9 Å². The van der Waals surface area contributed by atoms with Crippen LogP contribution in [0.1, 0.15) is 23.5 Å². The summed E-state index contributed by atoms with van der Waals surface area (Å²) in [6, 6.07) is 9.86. The fourth-order valence-corrected chi connectivity index (χ4v) is 3.67. The lowest BCUT2D eigenvalue weighted by Gasteiger charge is -2.22. The lowest BCUT2D eigenvalue weighted by atomic mass is 10.1. The lowest BCUT2D eigenvalue weighted by Crippen LogP contribution is -2.32. The Morgan fingerprint density at radius 2 is 2.00 bits per heavy atom. The molecule has 0 saturated heterocycles. The van der Waals surface area contributed by atoms with Crippen molar-refractivity contribution >= 4 is 22.9 Å². The number of thiophene rings is 1. The monoisotopic (exact) mass is 335 g/mol. The van der Waals surface area contributed by atoms with Gasteiger partial charge in [-0.15, -0.1) is 0 Å². The Kier molecular flexibility index (Phi) is 4.09. The molecule has 4 nitrogen and oxygen atoms in total. The van der Waals surface area contributed by atoms with E-state index in [0.717, 1.165) is 23.2 Å². The quantitative estimate of drug-likeness (QED) is 0.711. The summed E-state index contributed by atoms with van der Waals surface area (Å²) in [7, 11) is 0. The molecule has 4 rings (SSSR count). The Labute approximate surface area is 144 Å². The van der Waals surface area contributed by atoms with E-state index in [9.17, 15) is 4.79 Å². The maximum Gasteiger partial charge on any atom is 0.231 e. The minimum absolute atomic E-state index is 0.0352. The van der Waals surface area contributed by atoms with Crippen molar-refractivity contribution in [2.75, 3.05) is 4.90 Å². The van der Waals surface area contributed by atoms with E-state index >= 15 is 0 Å². The van der Waals surface area contributed by atoms with E-state index in [4.69, 9.17) is 0 Å². The topological polar surface area (TPSA) is 46.1 Å². The molecule has 1 aliphatic carbocycles. The second kappa shape index (κ2) is 6.53. The lowest BCUT2D eigenvalue weighted by molar-refractivity contribution is -0.120. The van der Waals surface area contributed by atoms with Crippen molar-refractivity contribution < 1.29 is 4.79 Å². The molecule has 1 aliphatic rings. The molecule has 1 saturated carbocycles. The highest BCUT2D eigenvalue weighted by molar-refractivity contribution is 7.07. The van der Waals surface area contributed by atoms with Gasteiger partial charge in [-0.25, -0.2) is 0 Å². The first-order valence-electron chi connectivity index (χ1n) is 7.95. The number of nitrogens with zero attached hydrogens (tertiary/aromatic N) is 3. The molecule has 0 aliphatic heterocycles. The molecule has 3 heterocycles. The number of carbonyl (C=O) groups excluding carboxylic acids is 1. The maximum absolute atomic E-state index is 13.1. The van der Waals surface area contributed by atoms with Gasteiger partial charge in [0.1, 0.15) is 0 Å². The van der Waals surface area contributed by atoms with Gasteiger partial charge in [0.25, 0.3) is 0 Å². The zero-order valence-electron chi connectivity index (χ0n) is 13.1. The number of rotatable bonds is 5.